The maximum absolute atomic E-state index is 12.7. The number of unbranched alkanes of at least 4 members (excludes halogenated alkanes) is 20. The number of carbonyl (C=O) groups excluding carboxylic acids is 2. The Bertz CT molecular complexity index is 1060. The van der Waals surface area contributed by atoms with Crippen molar-refractivity contribution in [3.05, 3.63) is 48.6 Å². The van der Waals surface area contributed by atoms with Crippen LogP contribution in [0.2, 0.25) is 0 Å². The van der Waals surface area contributed by atoms with E-state index in [9.17, 15) is 19.5 Å². The first-order chi connectivity index (χ1) is 27.1. The van der Waals surface area contributed by atoms with Crippen LogP contribution in [-0.2, 0) is 28.6 Å². The molecule has 0 aromatic rings. The summed E-state index contributed by atoms with van der Waals surface area (Å²) in [5, 5.41) is 9.62. The van der Waals surface area contributed by atoms with E-state index in [1.807, 2.05) is 21.1 Å². The molecule has 8 nitrogen and oxygen atoms in total. The molecule has 0 aromatic heterocycles. The van der Waals surface area contributed by atoms with E-state index >= 15 is 0 Å². The monoisotopic (exact) mass is 789 g/mol. The third kappa shape index (κ3) is 36.9. The van der Waals surface area contributed by atoms with E-state index in [2.05, 4.69) is 62.5 Å². The second-order valence-electron chi connectivity index (χ2n) is 16.3. The van der Waals surface area contributed by atoms with Crippen molar-refractivity contribution in [2.45, 2.75) is 199 Å². The van der Waals surface area contributed by atoms with Crippen LogP contribution in [0.25, 0.3) is 0 Å². The predicted octanol–water partition coefficient (Wildman–Crippen LogP) is 12.4. The molecule has 0 amide bonds. The Morgan fingerprint density at radius 3 is 1.52 bits per heavy atom. The first-order valence-corrected chi connectivity index (χ1v) is 22.7. The van der Waals surface area contributed by atoms with Gasteiger partial charge in [0.1, 0.15) is 6.61 Å². The van der Waals surface area contributed by atoms with Gasteiger partial charge in [-0.15, -0.1) is 0 Å². The molecule has 0 rings (SSSR count). The molecule has 0 aliphatic heterocycles. The molecule has 0 radical (unpaired) electrons. The summed E-state index contributed by atoms with van der Waals surface area (Å²) in [6, 6.07) is -0.618. The molecule has 0 saturated carbocycles. The average Bonchev–Trinajstić information content (AvgIpc) is 3.15. The highest BCUT2D eigenvalue weighted by atomic mass is 16.6. The topological polar surface area (TPSA) is 99.1 Å². The van der Waals surface area contributed by atoms with Gasteiger partial charge >= 0.3 is 17.9 Å². The zero-order valence-corrected chi connectivity index (χ0v) is 36.8. The Morgan fingerprint density at radius 1 is 0.554 bits per heavy atom. The van der Waals surface area contributed by atoms with E-state index in [4.69, 9.17) is 14.2 Å². The molecular formula is C48H86NO7+. The van der Waals surface area contributed by atoms with E-state index < -0.39 is 18.1 Å². The molecule has 0 fully saturated rings. The van der Waals surface area contributed by atoms with Gasteiger partial charge in [0.05, 0.1) is 34.4 Å². The summed E-state index contributed by atoms with van der Waals surface area (Å²) in [6.45, 7) is 4.59. The fraction of sp³-hybridized carbons (Fsp3) is 0.771. The largest absolute Gasteiger partial charge is 0.477 e. The van der Waals surface area contributed by atoms with Gasteiger partial charge in [-0.3, -0.25) is 9.59 Å². The summed E-state index contributed by atoms with van der Waals surface area (Å²) in [5.41, 5.74) is 0. The number of esters is 2. The zero-order chi connectivity index (χ0) is 41.4. The van der Waals surface area contributed by atoms with Crippen LogP contribution in [0.5, 0.6) is 0 Å². The fourth-order valence-electron chi connectivity index (χ4n) is 6.50. The molecule has 0 spiro atoms. The lowest BCUT2D eigenvalue weighted by Crippen LogP contribution is -2.50. The molecule has 1 N–H and O–H groups in total. The fourth-order valence-corrected chi connectivity index (χ4v) is 6.50. The number of hydrogen-bond acceptors (Lipinski definition) is 6. The van der Waals surface area contributed by atoms with Crippen LogP contribution in [0.4, 0.5) is 0 Å². The van der Waals surface area contributed by atoms with Crippen LogP contribution in [0.3, 0.4) is 0 Å². The van der Waals surface area contributed by atoms with Gasteiger partial charge in [0, 0.05) is 19.3 Å². The number of ether oxygens (including phenoxy) is 3. The number of carboxylic acid groups (broad SMARTS) is 1. The van der Waals surface area contributed by atoms with Gasteiger partial charge in [0.15, 0.2) is 12.1 Å². The third-order valence-corrected chi connectivity index (χ3v) is 10.0. The minimum atomic E-state index is -0.879. The van der Waals surface area contributed by atoms with Gasteiger partial charge in [-0.25, -0.2) is 4.79 Å². The minimum absolute atomic E-state index is 0.0544. The van der Waals surface area contributed by atoms with Gasteiger partial charge in [-0.2, -0.15) is 0 Å². The van der Waals surface area contributed by atoms with Crippen LogP contribution in [0, 0.1) is 0 Å². The Labute approximate surface area is 344 Å². The molecule has 324 valence electrons. The minimum Gasteiger partial charge on any atom is -0.477 e. The van der Waals surface area contributed by atoms with Crippen molar-refractivity contribution >= 4 is 17.9 Å². The van der Waals surface area contributed by atoms with Crippen molar-refractivity contribution in [1.29, 1.82) is 0 Å². The van der Waals surface area contributed by atoms with Crippen LogP contribution in [0.1, 0.15) is 187 Å². The maximum Gasteiger partial charge on any atom is 0.362 e. The molecule has 56 heavy (non-hydrogen) atoms. The first kappa shape index (κ1) is 53.3. The van der Waals surface area contributed by atoms with Crippen molar-refractivity contribution in [3.8, 4) is 0 Å². The number of aliphatic carboxylic acids is 1. The highest BCUT2D eigenvalue weighted by Crippen LogP contribution is 2.14. The predicted molar refractivity (Wildman–Crippen MR) is 234 cm³/mol. The summed E-state index contributed by atoms with van der Waals surface area (Å²) in [5.74, 6) is -1.49. The van der Waals surface area contributed by atoms with Crippen molar-refractivity contribution in [2.75, 3.05) is 41.0 Å². The molecular weight excluding hydrogens is 703 g/mol. The Balaban J connectivity index is 4.34. The van der Waals surface area contributed by atoms with Crippen LogP contribution in [-0.4, -0.2) is 80.6 Å². The summed E-state index contributed by atoms with van der Waals surface area (Å²) in [7, 11) is 5.52. The number of rotatable bonds is 40. The van der Waals surface area contributed by atoms with Gasteiger partial charge in [0.25, 0.3) is 0 Å². The van der Waals surface area contributed by atoms with Crippen LogP contribution in [0.15, 0.2) is 48.6 Å². The second-order valence-corrected chi connectivity index (χ2v) is 16.3. The molecule has 0 saturated heterocycles. The normalized spacial score (nSPS) is 13.4. The van der Waals surface area contributed by atoms with E-state index in [1.165, 1.54) is 96.3 Å². The standard InChI is InChI=1S/C48H85NO7/c1-6-8-10-12-14-16-18-20-22-23-25-26-28-30-32-34-36-38-46(50)55-43-44(42-54-41-40-45(48(52)53)49(3,4)5)56-47(51)39-37-35-33-31-29-27-24-21-19-17-15-13-11-9-7-2/h9,11,13,15,17,19-20,22,44-45H,6-8,10,12,14,16,18,21,23-43H2,1-5H3/p+1/b11-9+,15-13+,19-17+,22-20+. The highest BCUT2D eigenvalue weighted by Gasteiger charge is 2.31. The quantitative estimate of drug-likeness (QED) is 0.0217. The molecule has 8 heteroatoms. The molecule has 0 bridgehead atoms. The molecule has 2 atom stereocenters. The molecule has 0 heterocycles. The molecule has 0 aliphatic carbocycles. The summed E-state index contributed by atoms with van der Waals surface area (Å²) >= 11 is 0. The second kappa shape index (κ2) is 39.1. The van der Waals surface area contributed by atoms with Crippen molar-refractivity contribution < 1.29 is 38.2 Å². The SMILES string of the molecule is CC/C=C/C=C/C=C/CCCCCCCCCC(=O)OC(COCCC(C(=O)O)[N+](C)(C)C)COC(=O)CCCCCCCCC/C=C/CCCCCCCC. The summed E-state index contributed by atoms with van der Waals surface area (Å²) in [6.07, 6.45) is 45.8. The Kier molecular flexibility index (Phi) is 37.2. The van der Waals surface area contributed by atoms with E-state index in [0.717, 1.165) is 57.8 Å². The molecule has 0 aromatic carbocycles. The van der Waals surface area contributed by atoms with Gasteiger partial charge in [0.2, 0.25) is 0 Å². The molecule has 2 unspecified atom stereocenters. The number of allylic oxidation sites excluding steroid dienone is 8. The van der Waals surface area contributed by atoms with Gasteiger partial charge in [-0.05, 0) is 57.8 Å². The lowest BCUT2D eigenvalue weighted by molar-refractivity contribution is -0.887. The maximum atomic E-state index is 12.7. The smallest absolute Gasteiger partial charge is 0.362 e. The van der Waals surface area contributed by atoms with E-state index in [-0.39, 0.29) is 36.2 Å². The third-order valence-electron chi connectivity index (χ3n) is 10.0. The number of hydrogen-bond donors (Lipinski definition) is 1. The number of carbonyl (C=O) groups is 3. The summed E-state index contributed by atoms with van der Waals surface area (Å²) < 4.78 is 17.3. The number of nitrogens with zero attached hydrogens (tertiary/aromatic N) is 1. The average molecular weight is 789 g/mol. The van der Waals surface area contributed by atoms with Gasteiger partial charge in [-0.1, -0.05) is 159 Å². The Hall–Kier alpha value is -2.71. The van der Waals surface area contributed by atoms with Crippen molar-refractivity contribution in [3.63, 3.8) is 0 Å². The van der Waals surface area contributed by atoms with E-state index in [0.29, 0.717) is 19.3 Å². The number of carboxylic acids is 1. The highest BCUT2D eigenvalue weighted by molar-refractivity contribution is 5.72. The summed E-state index contributed by atoms with van der Waals surface area (Å²) in [4.78, 5) is 37.0. The van der Waals surface area contributed by atoms with Crippen LogP contribution >= 0.6 is 0 Å². The van der Waals surface area contributed by atoms with E-state index in [1.54, 1.807) is 0 Å². The lowest BCUT2D eigenvalue weighted by Gasteiger charge is -2.31. The molecule has 0 aliphatic rings. The van der Waals surface area contributed by atoms with Crippen molar-refractivity contribution in [2.24, 2.45) is 0 Å². The first-order valence-electron chi connectivity index (χ1n) is 22.7. The Morgan fingerprint density at radius 2 is 1.02 bits per heavy atom. The lowest BCUT2D eigenvalue weighted by atomic mass is 10.1. The zero-order valence-electron chi connectivity index (χ0n) is 36.8. The number of likely N-dealkylation sites (N-methyl/N-ethyl adjacent to an activating group) is 1. The van der Waals surface area contributed by atoms with Gasteiger partial charge < -0.3 is 23.8 Å². The van der Waals surface area contributed by atoms with Crippen molar-refractivity contribution in [1.82, 2.24) is 0 Å². The number of quaternary nitrogens is 1. The van der Waals surface area contributed by atoms with Crippen LogP contribution < -0.4 is 0 Å².